The molecule has 0 radical (unpaired) electrons. The molecule has 2 nitrogen and oxygen atoms in total. The molecule has 0 bridgehead atoms. The van der Waals surface area contributed by atoms with Gasteiger partial charge in [-0.25, -0.2) is 0 Å². The van der Waals surface area contributed by atoms with Gasteiger partial charge in [0.15, 0.2) is 5.78 Å². The molecule has 0 aromatic carbocycles. The van der Waals surface area contributed by atoms with E-state index in [-0.39, 0.29) is 5.78 Å². The molecule has 0 aliphatic carbocycles. The third-order valence-corrected chi connectivity index (χ3v) is 2.49. The van der Waals surface area contributed by atoms with E-state index in [1.165, 1.54) is 19.3 Å². The van der Waals surface area contributed by atoms with E-state index in [2.05, 4.69) is 19.6 Å². The van der Waals surface area contributed by atoms with Gasteiger partial charge in [-0.15, -0.1) is 6.58 Å². The van der Waals surface area contributed by atoms with E-state index in [9.17, 15) is 4.79 Å². The van der Waals surface area contributed by atoms with E-state index in [0.717, 1.165) is 12.8 Å². The first kappa shape index (κ1) is 13.9. The number of nitrogens with zero attached hydrogens (tertiary/aromatic N) is 1. The van der Waals surface area contributed by atoms with Crippen LogP contribution in [0.3, 0.4) is 0 Å². The second-order valence-electron chi connectivity index (χ2n) is 3.84. The predicted molar refractivity (Wildman–Crippen MR) is 62.3 cm³/mol. The van der Waals surface area contributed by atoms with Crippen molar-refractivity contribution in [2.24, 2.45) is 5.92 Å². The van der Waals surface area contributed by atoms with Crippen molar-refractivity contribution in [3.8, 4) is 6.07 Å². The Morgan fingerprint density at radius 1 is 1.40 bits per heavy atom. The second kappa shape index (κ2) is 9.45. The molecule has 0 saturated heterocycles. The highest BCUT2D eigenvalue weighted by Gasteiger charge is 2.15. The summed E-state index contributed by atoms with van der Waals surface area (Å²) >= 11 is 0. The molecule has 0 fully saturated rings. The maximum Gasteiger partial charge on any atom is 0.153 e. The number of hydrogen-bond donors (Lipinski definition) is 0. The van der Waals surface area contributed by atoms with Gasteiger partial charge in [-0.1, -0.05) is 45.1 Å². The minimum Gasteiger partial charge on any atom is -0.298 e. The van der Waals surface area contributed by atoms with Crippen LogP contribution in [0, 0.1) is 17.2 Å². The number of allylic oxidation sites excluding steroid dienone is 1. The van der Waals surface area contributed by atoms with E-state index in [1.807, 2.05) is 0 Å². The van der Waals surface area contributed by atoms with E-state index >= 15 is 0 Å². The first-order chi connectivity index (χ1) is 7.26. The molecule has 0 amide bonds. The van der Waals surface area contributed by atoms with Gasteiger partial charge in [0.25, 0.3) is 0 Å². The smallest absolute Gasteiger partial charge is 0.153 e. The first-order valence-corrected chi connectivity index (χ1v) is 5.79. The van der Waals surface area contributed by atoms with Crippen LogP contribution in [0.25, 0.3) is 0 Å². The van der Waals surface area contributed by atoms with Crippen molar-refractivity contribution < 1.29 is 4.79 Å². The molecule has 0 heterocycles. The molecule has 0 N–H and O–H groups in total. The maximum atomic E-state index is 11.4. The summed E-state index contributed by atoms with van der Waals surface area (Å²) in [6.07, 6.45) is 8.41. The zero-order valence-corrected chi connectivity index (χ0v) is 9.67. The summed E-state index contributed by atoms with van der Waals surface area (Å²) in [7, 11) is 0. The summed E-state index contributed by atoms with van der Waals surface area (Å²) in [6.45, 7) is 5.68. The van der Waals surface area contributed by atoms with Gasteiger partial charge in [-0.05, 0) is 6.42 Å². The van der Waals surface area contributed by atoms with Gasteiger partial charge in [0.05, 0.1) is 6.07 Å². The highest BCUT2D eigenvalue weighted by Crippen LogP contribution is 2.13. The molecule has 2 heteroatoms. The lowest BCUT2D eigenvalue weighted by Crippen LogP contribution is -2.11. The van der Waals surface area contributed by atoms with E-state index < -0.39 is 5.92 Å². The Morgan fingerprint density at radius 2 is 2.07 bits per heavy atom. The fourth-order valence-corrected chi connectivity index (χ4v) is 1.53. The minimum atomic E-state index is -0.412. The van der Waals surface area contributed by atoms with Gasteiger partial charge >= 0.3 is 0 Å². The summed E-state index contributed by atoms with van der Waals surface area (Å²) in [4.78, 5) is 11.4. The van der Waals surface area contributed by atoms with Crippen LogP contribution in [-0.2, 0) is 4.79 Å². The number of unbranched alkanes of at least 4 members (excludes halogenated alkanes) is 4. The Balaban J connectivity index is 3.67. The minimum absolute atomic E-state index is 0.0167. The summed E-state index contributed by atoms with van der Waals surface area (Å²) in [6, 6.07) is 2.08. The highest BCUT2D eigenvalue weighted by atomic mass is 16.1. The molecule has 1 atom stereocenters. The van der Waals surface area contributed by atoms with Crippen LogP contribution in [-0.4, -0.2) is 5.78 Å². The van der Waals surface area contributed by atoms with Crippen molar-refractivity contribution in [3.05, 3.63) is 12.7 Å². The molecule has 84 valence electrons. The topological polar surface area (TPSA) is 40.9 Å². The number of rotatable bonds is 9. The van der Waals surface area contributed by atoms with Gasteiger partial charge < -0.3 is 0 Å². The number of Topliss-reactive ketones (excluding diaryl/α,β-unsaturated/α-hetero) is 1. The van der Waals surface area contributed by atoms with Crippen molar-refractivity contribution in [1.82, 2.24) is 0 Å². The third kappa shape index (κ3) is 6.90. The average Bonchev–Trinajstić information content (AvgIpc) is 2.23. The monoisotopic (exact) mass is 207 g/mol. The molecule has 0 spiro atoms. The lowest BCUT2D eigenvalue weighted by molar-refractivity contribution is -0.120. The van der Waals surface area contributed by atoms with Crippen molar-refractivity contribution in [3.63, 3.8) is 0 Å². The Hall–Kier alpha value is -1.10. The number of nitriles is 1. The molecule has 0 aliphatic heterocycles. The van der Waals surface area contributed by atoms with Crippen LogP contribution in [0.2, 0.25) is 0 Å². The first-order valence-electron chi connectivity index (χ1n) is 5.79. The zero-order chi connectivity index (χ0) is 11.5. The summed E-state index contributed by atoms with van der Waals surface area (Å²) < 4.78 is 0. The van der Waals surface area contributed by atoms with Crippen LogP contribution in [0.5, 0.6) is 0 Å². The van der Waals surface area contributed by atoms with Crippen molar-refractivity contribution in [2.75, 3.05) is 0 Å². The molecular weight excluding hydrogens is 186 g/mol. The average molecular weight is 207 g/mol. The molecule has 0 saturated carbocycles. The van der Waals surface area contributed by atoms with Gasteiger partial charge in [0.2, 0.25) is 0 Å². The van der Waals surface area contributed by atoms with Crippen LogP contribution < -0.4 is 0 Å². The quantitative estimate of drug-likeness (QED) is 0.428. The van der Waals surface area contributed by atoms with Crippen LogP contribution in [0.4, 0.5) is 0 Å². The molecule has 1 unspecified atom stereocenters. The van der Waals surface area contributed by atoms with Gasteiger partial charge in [-0.3, -0.25) is 4.79 Å². The lowest BCUT2D eigenvalue weighted by Gasteiger charge is -2.05. The summed E-state index contributed by atoms with van der Waals surface area (Å²) in [5, 5.41) is 8.82. The Morgan fingerprint density at radius 3 is 2.60 bits per heavy atom. The van der Waals surface area contributed by atoms with E-state index in [0.29, 0.717) is 12.8 Å². The molecule has 0 rings (SSSR count). The standard InChI is InChI=1S/C13H21NO/c1-3-5-6-7-8-10-12(11-14)13(15)9-4-2/h4,12H,2-3,5-10H2,1H3. The number of ketones is 1. The molecule has 0 aromatic rings. The van der Waals surface area contributed by atoms with E-state index in [1.54, 1.807) is 6.08 Å². The van der Waals surface area contributed by atoms with Crippen LogP contribution in [0.1, 0.15) is 51.9 Å². The van der Waals surface area contributed by atoms with Crippen molar-refractivity contribution in [1.29, 1.82) is 5.26 Å². The Kier molecular flexibility index (Phi) is 8.76. The van der Waals surface area contributed by atoms with Crippen molar-refractivity contribution in [2.45, 2.75) is 51.9 Å². The van der Waals surface area contributed by atoms with Crippen LogP contribution in [0.15, 0.2) is 12.7 Å². The molecule has 0 aliphatic rings. The second-order valence-corrected chi connectivity index (χ2v) is 3.84. The zero-order valence-electron chi connectivity index (χ0n) is 9.67. The third-order valence-electron chi connectivity index (χ3n) is 2.49. The van der Waals surface area contributed by atoms with Gasteiger partial charge in [0, 0.05) is 6.42 Å². The molecular formula is C13H21NO. The van der Waals surface area contributed by atoms with E-state index in [4.69, 9.17) is 5.26 Å². The number of carbonyl (C=O) groups excluding carboxylic acids is 1. The Labute approximate surface area is 93.0 Å². The van der Waals surface area contributed by atoms with Crippen molar-refractivity contribution >= 4 is 5.78 Å². The predicted octanol–water partition coefficient (Wildman–Crippen LogP) is 3.63. The fraction of sp³-hybridized carbons (Fsp3) is 0.692. The summed E-state index contributed by atoms with van der Waals surface area (Å²) in [5.74, 6) is -0.396. The summed E-state index contributed by atoms with van der Waals surface area (Å²) in [5.41, 5.74) is 0. The fourth-order valence-electron chi connectivity index (χ4n) is 1.53. The molecule has 15 heavy (non-hydrogen) atoms. The largest absolute Gasteiger partial charge is 0.298 e. The number of hydrogen-bond acceptors (Lipinski definition) is 2. The molecule has 0 aromatic heterocycles. The number of carbonyl (C=O) groups is 1. The maximum absolute atomic E-state index is 11.4. The van der Waals surface area contributed by atoms with Gasteiger partial charge in [0.1, 0.15) is 5.92 Å². The SMILES string of the molecule is C=CCC(=O)C(C#N)CCCCCCC. The normalized spacial score (nSPS) is 11.7. The van der Waals surface area contributed by atoms with Gasteiger partial charge in [-0.2, -0.15) is 5.26 Å². The Bertz CT molecular complexity index is 227. The lowest BCUT2D eigenvalue weighted by atomic mass is 9.96. The van der Waals surface area contributed by atoms with Crippen LogP contribution >= 0.6 is 0 Å². The highest BCUT2D eigenvalue weighted by molar-refractivity contribution is 5.84.